The molecule has 6 nitrogen and oxygen atoms in total. The van der Waals surface area contributed by atoms with Gasteiger partial charge in [0, 0.05) is 12.0 Å². The van der Waals surface area contributed by atoms with E-state index in [-0.39, 0.29) is 41.7 Å². The summed E-state index contributed by atoms with van der Waals surface area (Å²) in [6.07, 6.45) is 5.49. The van der Waals surface area contributed by atoms with Crippen LogP contribution >= 0.6 is 0 Å². The molecule has 0 aliphatic rings. The summed E-state index contributed by atoms with van der Waals surface area (Å²) in [7, 11) is 0. The fraction of sp³-hybridized carbons (Fsp3) is 0.400. The molecule has 0 saturated carbocycles. The Balaban J connectivity index is 3.09. The molecule has 1 rings (SSSR count). The normalized spacial score (nSPS) is 11.3. The number of benzene rings is 1. The van der Waals surface area contributed by atoms with E-state index in [4.69, 9.17) is 5.11 Å². The van der Waals surface area contributed by atoms with Crippen LogP contribution in [0.25, 0.3) is 0 Å². The summed E-state index contributed by atoms with van der Waals surface area (Å²) in [5.74, 6) is -3.18. The first-order valence-electron chi connectivity index (χ1n) is 8.44. The minimum Gasteiger partial charge on any atom is -0.508 e. The van der Waals surface area contributed by atoms with Crippen LogP contribution in [0.5, 0.6) is 11.5 Å². The van der Waals surface area contributed by atoms with Gasteiger partial charge in [-0.1, -0.05) is 23.3 Å². The molecule has 0 heterocycles. The van der Waals surface area contributed by atoms with E-state index in [1.54, 1.807) is 0 Å². The monoisotopic (exact) mass is 362 g/mol. The van der Waals surface area contributed by atoms with Gasteiger partial charge in [0.05, 0.1) is 0 Å². The van der Waals surface area contributed by atoms with E-state index in [1.165, 1.54) is 11.6 Å². The maximum absolute atomic E-state index is 11.5. The van der Waals surface area contributed by atoms with E-state index in [0.717, 1.165) is 18.4 Å². The second-order valence-electron chi connectivity index (χ2n) is 6.53. The predicted octanol–water partition coefficient (Wildman–Crippen LogP) is 4.05. The standard InChI is InChI=1S/C20H26O6/c1-12(2)5-4-6-13(3)7-9-15-16(21)11-14(8-10-17(22)23)18(19(15)24)20(25)26/h5,7,11,21,24H,4,6,8-10H2,1-3H3,(H,22,23)(H,25,26). The Hall–Kier alpha value is -2.76. The van der Waals surface area contributed by atoms with Crippen molar-refractivity contribution in [3.8, 4) is 11.5 Å². The number of aromatic hydroxyl groups is 2. The van der Waals surface area contributed by atoms with Gasteiger partial charge < -0.3 is 20.4 Å². The van der Waals surface area contributed by atoms with Crippen LogP contribution in [0.3, 0.4) is 0 Å². The van der Waals surface area contributed by atoms with Crippen LogP contribution in [0.4, 0.5) is 0 Å². The number of aliphatic carboxylic acids is 1. The van der Waals surface area contributed by atoms with Crippen LogP contribution in [0.1, 0.15) is 61.5 Å². The fourth-order valence-electron chi connectivity index (χ4n) is 2.59. The number of phenols is 2. The van der Waals surface area contributed by atoms with Crippen molar-refractivity contribution in [2.45, 2.75) is 52.9 Å². The highest BCUT2D eigenvalue weighted by Gasteiger charge is 2.22. The maximum Gasteiger partial charge on any atom is 0.339 e. The van der Waals surface area contributed by atoms with Gasteiger partial charge in [-0.3, -0.25) is 4.79 Å². The van der Waals surface area contributed by atoms with E-state index < -0.39 is 17.7 Å². The first-order valence-corrected chi connectivity index (χ1v) is 8.44. The average molecular weight is 362 g/mol. The van der Waals surface area contributed by atoms with Crippen LogP contribution in [-0.2, 0) is 17.6 Å². The van der Waals surface area contributed by atoms with Crippen LogP contribution in [0, 0.1) is 0 Å². The molecule has 0 amide bonds. The Bertz CT molecular complexity index is 739. The van der Waals surface area contributed by atoms with Crippen molar-refractivity contribution < 1.29 is 30.0 Å². The maximum atomic E-state index is 11.5. The smallest absolute Gasteiger partial charge is 0.339 e. The summed E-state index contributed by atoms with van der Waals surface area (Å²) in [6.45, 7) is 5.98. The second kappa shape index (κ2) is 9.65. The zero-order valence-corrected chi connectivity index (χ0v) is 15.4. The van der Waals surface area contributed by atoms with Crippen molar-refractivity contribution in [1.29, 1.82) is 0 Å². The van der Waals surface area contributed by atoms with Crippen LogP contribution in [-0.4, -0.2) is 32.4 Å². The lowest BCUT2D eigenvalue weighted by Crippen LogP contribution is -2.07. The number of carbonyl (C=O) groups is 2. The molecule has 4 N–H and O–H groups in total. The van der Waals surface area contributed by atoms with Gasteiger partial charge in [-0.2, -0.15) is 0 Å². The largest absolute Gasteiger partial charge is 0.508 e. The Morgan fingerprint density at radius 3 is 2.23 bits per heavy atom. The third kappa shape index (κ3) is 6.27. The molecule has 1 aromatic carbocycles. The Morgan fingerprint density at radius 2 is 1.69 bits per heavy atom. The topological polar surface area (TPSA) is 115 Å². The van der Waals surface area contributed by atoms with Crippen LogP contribution in [0.2, 0.25) is 0 Å². The van der Waals surface area contributed by atoms with Crippen molar-refractivity contribution in [3.63, 3.8) is 0 Å². The second-order valence-corrected chi connectivity index (χ2v) is 6.53. The van der Waals surface area contributed by atoms with E-state index in [2.05, 4.69) is 6.08 Å². The van der Waals surface area contributed by atoms with E-state index in [9.17, 15) is 24.9 Å². The summed E-state index contributed by atoms with van der Waals surface area (Å²) in [5.41, 5.74) is 2.17. The first kappa shape index (κ1) is 21.3. The molecule has 6 heteroatoms. The molecule has 142 valence electrons. The quantitative estimate of drug-likeness (QED) is 0.493. The van der Waals surface area contributed by atoms with E-state index in [0.29, 0.717) is 0 Å². The highest BCUT2D eigenvalue weighted by molar-refractivity contribution is 5.94. The summed E-state index contributed by atoms with van der Waals surface area (Å²) in [6, 6.07) is 1.23. The summed E-state index contributed by atoms with van der Waals surface area (Å²) >= 11 is 0. The van der Waals surface area contributed by atoms with Gasteiger partial charge in [0.15, 0.2) is 0 Å². The van der Waals surface area contributed by atoms with E-state index in [1.807, 2.05) is 26.8 Å². The van der Waals surface area contributed by atoms with Gasteiger partial charge in [0.1, 0.15) is 17.1 Å². The molecule has 0 aliphatic carbocycles. The molecular weight excluding hydrogens is 336 g/mol. The highest BCUT2D eigenvalue weighted by atomic mass is 16.4. The molecular formula is C20H26O6. The molecule has 0 saturated heterocycles. The lowest BCUT2D eigenvalue weighted by atomic mass is 9.95. The molecule has 0 aromatic heterocycles. The third-order valence-corrected chi connectivity index (χ3v) is 4.03. The van der Waals surface area contributed by atoms with E-state index >= 15 is 0 Å². The van der Waals surface area contributed by atoms with Crippen molar-refractivity contribution in [2.75, 3.05) is 0 Å². The van der Waals surface area contributed by atoms with Gasteiger partial charge in [-0.25, -0.2) is 4.79 Å². The minimum atomic E-state index is -1.35. The van der Waals surface area contributed by atoms with Crippen LogP contribution in [0.15, 0.2) is 29.4 Å². The molecule has 0 spiro atoms. The summed E-state index contributed by atoms with van der Waals surface area (Å²) < 4.78 is 0. The molecule has 0 atom stereocenters. The first-order chi connectivity index (χ1) is 12.1. The SMILES string of the molecule is CC(C)=CCCC(C)=CCc1c(O)cc(CCC(=O)O)c(C(=O)O)c1O. The number of aryl methyl sites for hydroxylation is 1. The number of carboxylic acid groups (broad SMARTS) is 2. The lowest BCUT2D eigenvalue weighted by molar-refractivity contribution is -0.136. The van der Waals surface area contributed by atoms with Crippen molar-refractivity contribution >= 4 is 11.9 Å². The van der Waals surface area contributed by atoms with Gasteiger partial charge in [-0.15, -0.1) is 0 Å². The molecule has 0 bridgehead atoms. The lowest BCUT2D eigenvalue weighted by Gasteiger charge is -2.13. The number of allylic oxidation sites excluding steroid dienone is 4. The van der Waals surface area contributed by atoms with Gasteiger partial charge in [-0.05, 0) is 58.1 Å². The molecule has 0 fully saturated rings. The fourth-order valence-corrected chi connectivity index (χ4v) is 2.59. The third-order valence-electron chi connectivity index (χ3n) is 4.03. The van der Waals surface area contributed by atoms with Crippen molar-refractivity contribution in [3.05, 3.63) is 46.1 Å². The Kier molecular flexibility index (Phi) is 7.90. The molecule has 0 aliphatic heterocycles. The molecule has 26 heavy (non-hydrogen) atoms. The van der Waals surface area contributed by atoms with Crippen molar-refractivity contribution in [1.82, 2.24) is 0 Å². The number of hydrogen-bond donors (Lipinski definition) is 4. The van der Waals surface area contributed by atoms with Crippen LogP contribution < -0.4 is 0 Å². The number of rotatable bonds is 9. The summed E-state index contributed by atoms with van der Waals surface area (Å²) in [4.78, 5) is 22.2. The average Bonchev–Trinajstić information content (AvgIpc) is 2.51. The number of hydrogen-bond acceptors (Lipinski definition) is 4. The number of aromatic carboxylic acids is 1. The molecule has 1 aromatic rings. The molecule has 0 unspecified atom stereocenters. The zero-order chi connectivity index (χ0) is 19.9. The number of carboxylic acids is 2. The Labute approximate surface area is 153 Å². The zero-order valence-electron chi connectivity index (χ0n) is 15.4. The highest BCUT2D eigenvalue weighted by Crippen LogP contribution is 2.35. The van der Waals surface area contributed by atoms with Crippen molar-refractivity contribution in [2.24, 2.45) is 0 Å². The summed E-state index contributed by atoms with van der Waals surface area (Å²) in [5, 5.41) is 38.6. The minimum absolute atomic E-state index is 0.0874. The van der Waals surface area contributed by atoms with Gasteiger partial charge >= 0.3 is 11.9 Å². The number of phenolic OH excluding ortho intramolecular Hbond substituents is 1. The van der Waals surface area contributed by atoms with Gasteiger partial charge in [0.2, 0.25) is 0 Å². The predicted molar refractivity (Wildman–Crippen MR) is 98.8 cm³/mol. The molecule has 0 radical (unpaired) electrons. The van der Waals surface area contributed by atoms with Gasteiger partial charge in [0.25, 0.3) is 0 Å². The Morgan fingerprint density at radius 1 is 1.04 bits per heavy atom.